The number of halogens is 1. The number of hydrogen-bond acceptors (Lipinski definition) is 10. The van der Waals surface area contributed by atoms with Gasteiger partial charge in [-0.1, -0.05) is 64.4 Å². The van der Waals surface area contributed by atoms with Crippen LogP contribution in [0.1, 0.15) is 71.8 Å². The van der Waals surface area contributed by atoms with Gasteiger partial charge in [0.15, 0.2) is 17.3 Å². The average molecular weight is 651 g/mol. The quantitative estimate of drug-likeness (QED) is 0.148. The van der Waals surface area contributed by atoms with Crippen molar-refractivity contribution >= 4 is 41.3 Å². The van der Waals surface area contributed by atoms with Gasteiger partial charge in [0.05, 0.1) is 32.7 Å². The van der Waals surface area contributed by atoms with Gasteiger partial charge in [-0.05, 0) is 23.8 Å². The van der Waals surface area contributed by atoms with Crippen molar-refractivity contribution in [1.82, 2.24) is 10.6 Å². The summed E-state index contributed by atoms with van der Waals surface area (Å²) in [6.45, 7) is 5.51. The van der Waals surface area contributed by atoms with Gasteiger partial charge in [-0.2, -0.15) is 0 Å². The molecule has 0 saturated carbocycles. The van der Waals surface area contributed by atoms with Crippen LogP contribution in [0, 0.1) is 23.7 Å². The number of alkyl carbamates (subject to hydrolysis) is 1. The van der Waals surface area contributed by atoms with Crippen molar-refractivity contribution in [3.05, 3.63) is 35.9 Å². The Morgan fingerprint density at radius 2 is 1.35 bits per heavy atom. The van der Waals surface area contributed by atoms with Crippen LogP contribution >= 0.6 is 0 Å². The van der Waals surface area contributed by atoms with Crippen molar-refractivity contribution in [3.8, 4) is 0 Å². The highest BCUT2D eigenvalue weighted by Crippen LogP contribution is 2.21. The van der Waals surface area contributed by atoms with E-state index in [1.807, 2.05) is 6.07 Å². The second-order valence-electron chi connectivity index (χ2n) is 11.5. The average Bonchev–Trinajstić information content (AvgIpc) is 3.05. The summed E-state index contributed by atoms with van der Waals surface area (Å²) in [5.74, 6) is -7.31. The number of ether oxygens (including phenoxy) is 3. The van der Waals surface area contributed by atoms with Gasteiger partial charge in [0, 0.05) is 31.1 Å². The largest absolute Gasteiger partial charge is 0.469 e. The summed E-state index contributed by atoms with van der Waals surface area (Å²) in [5.41, 5.74) is 0.751. The predicted octanol–water partition coefficient (Wildman–Crippen LogP) is 3.67. The van der Waals surface area contributed by atoms with Crippen molar-refractivity contribution in [3.63, 3.8) is 0 Å². The summed E-state index contributed by atoms with van der Waals surface area (Å²) in [4.78, 5) is 88.9. The van der Waals surface area contributed by atoms with E-state index in [-0.39, 0.29) is 31.8 Å². The lowest BCUT2D eigenvalue weighted by atomic mass is 9.86. The number of benzene rings is 1. The molecule has 0 spiro atoms. The molecule has 12 nitrogen and oxygen atoms in total. The van der Waals surface area contributed by atoms with Crippen molar-refractivity contribution in [2.75, 3.05) is 20.9 Å². The Bertz CT molecular complexity index is 1190. The van der Waals surface area contributed by atoms with E-state index < -0.39 is 90.6 Å². The zero-order chi connectivity index (χ0) is 34.8. The summed E-state index contributed by atoms with van der Waals surface area (Å²) >= 11 is 0. The van der Waals surface area contributed by atoms with E-state index in [4.69, 9.17) is 9.47 Å². The van der Waals surface area contributed by atoms with Crippen LogP contribution in [0.15, 0.2) is 30.3 Å². The molecule has 0 aliphatic rings. The maximum Gasteiger partial charge on any atom is 0.408 e. The van der Waals surface area contributed by atoms with Gasteiger partial charge in [0.1, 0.15) is 13.3 Å². The fraction of sp³-hybridized carbons (Fsp3) is 0.606. The highest BCUT2D eigenvalue weighted by molar-refractivity contribution is 5.96. The lowest BCUT2D eigenvalue weighted by Gasteiger charge is -2.28. The molecule has 1 aromatic carbocycles. The van der Waals surface area contributed by atoms with Gasteiger partial charge in [-0.15, -0.1) is 0 Å². The minimum absolute atomic E-state index is 0.0156. The Labute approximate surface area is 269 Å². The molecule has 0 bridgehead atoms. The molecule has 0 saturated heterocycles. The van der Waals surface area contributed by atoms with Gasteiger partial charge < -0.3 is 24.8 Å². The van der Waals surface area contributed by atoms with Crippen molar-refractivity contribution in [2.24, 2.45) is 23.7 Å². The van der Waals surface area contributed by atoms with Crippen LogP contribution in [0.25, 0.3) is 0 Å². The molecule has 0 aromatic heterocycles. The Morgan fingerprint density at radius 3 is 1.89 bits per heavy atom. The van der Waals surface area contributed by atoms with Crippen LogP contribution in [0.4, 0.5) is 9.18 Å². The number of hydrogen-bond donors (Lipinski definition) is 2. The Balaban J connectivity index is 3.15. The van der Waals surface area contributed by atoms with Gasteiger partial charge >= 0.3 is 18.0 Å². The van der Waals surface area contributed by atoms with E-state index in [2.05, 4.69) is 15.4 Å². The normalized spacial score (nSPS) is 14.2. The standard InChI is InChI=1S/C33H47FN2O10/c1-7-21(4)31(26(38)16-24(27(39)18-34)17-29(41)45-6)35-32(42)23(13-14-28(40)44-5)15-25(37)30(20(2)3)36-33(43)46-19-22-11-9-8-10-12-22/h8-12,20-21,23-24,30-31H,7,13-19H2,1-6H3,(H,35,42)(H,36,43)/t21-,23?,24?,30-,31-/m0/s1. The molecule has 256 valence electrons. The number of carbonyl (C=O) groups is 7. The van der Waals surface area contributed by atoms with Crippen LogP contribution in [0.3, 0.4) is 0 Å². The highest BCUT2D eigenvalue weighted by atomic mass is 19.1. The summed E-state index contributed by atoms with van der Waals surface area (Å²) in [5, 5.41) is 5.23. The smallest absolute Gasteiger partial charge is 0.408 e. The molecular weight excluding hydrogens is 603 g/mol. The number of nitrogens with one attached hydrogen (secondary N) is 2. The summed E-state index contributed by atoms with van der Waals surface area (Å²) in [6.07, 6.45) is -2.07. The third-order valence-electron chi connectivity index (χ3n) is 7.78. The first-order chi connectivity index (χ1) is 21.8. The number of Topliss-reactive ketones (excluding diaryl/α,β-unsaturated/α-hetero) is 3. The van der Waals surface area contributed by atoms with E-state index in [1.54, 1.807) is 52.0 Å². The number of carbonyl (C=O) groups excluding carboxylic acids is 7. The van der Waals surface area contributed by atoms with Crippen molar-refractivity contribution in [2.45, 2.75) is 84.9 Å². The molecule has 0 heterocycles. The number of methoxy groups -OCH3 is 2. The van der Waals surface area contributed by atoms with Crippen molar-refractivity contribution in [1.29, 1.82) is 0 Å². The van der Waals surface area contributed by atoms with Gasteiger partial charge in [0.2, 0.25) is 5.91 Å². The van der Waals surface area contributed by atoms with Crippen LogP contribution in [0.2, 0.25) is 0 Å². The lowest BCUT2D eigenvalue weighted by Crippen LogP contribution is -2.50. The maximum absolute atomic E-state index is 13.6. The molecule has 0 aliphatic carbocycles. The predicted molar refractivity (Wildman–Crippen MR) is 165 cm³/mol. The molecule has 0 radical (unpaired) electrons. The number of esters is 2. The molecule has 0 aliphatic heterocycles. The highest BCUT2D eigenvalue weighted by Gasteiger charge is 2.35. The Kier molecular flexibility index (Phi) is 18.0. The zero-order valence-electron chi connectivity index (χ0n) is 27.5. The molecule has 2 unspecified atom stereocenters. The monoisotopic (exact) mass is 650 g/mol. The second-order valence-corrected chi connectivity index (χ2v) is 11.5. The third kappa shape index (κ3) is 13.9. The first-order valence-electron chi connectivity index (χ1n) is 15.3. The number of rotatable bonds is 21. The van der Waals surface area contributed by atoms with Crippen LogP contribution in [-0.2, 0) is 49.6 Å². The zero-order valence-corrected chi connectivity index (χ0v) is 27.5. The molecule has 1 rings (SSSR count). The van der Waals surface area contributed by atoms with E-state index >= 15 is 0 Å². The SMILES string of the molecule is CC[C@H](C)[C@H](NC(=O)C(CCC(=O)OC)CC(=O)[C@@H](NC(=O)OCc1ccccc1)C(C)C)C(=O)CC(CC(=O)OC)C(=O)CF. The first kappa shape index (κ1) is 39.9. The van der Waals surface area contributed by atoms with E-state index in [0.717, 1.165) is 12.7 Å². The van der Waals surface area contributed by atoms with Crippen LogP contribution in [0.5, 0.6) is 0 Å². The fourth-order valence-corrected chi connectivity index (χ4v) is 4.71. The molecule has 0 fully saturated rings. The molecular formula is C33H47FN2O10. The second kappa shape index (κ2) is 20.8. The molecule has 2 N–H and O–H groups in total. The van der Waals surface area contributed by atoms with E-state index in [0.29, 0.717) is 6.42 Å². The maximum atomic E-state index is 13.6. The molecule has 46 heavy (non-hydrogen) atoms. The first-order valence-corrected chi connectivity index (χ1v) is 15.3. The topological polar surface area (TPSA) is 171 Å². The third-order valence-corrected chi connectivity index (χ3v) is 7.78. The fourth-order valence-electron chi connectivity index (χ4n) is 4.71. The minimum atomic E-state index is -1.38. The molecule has 1 aromatic rings. The van der Waals surface area contributed by atoms with Gasteiger partial charge in [-0.25, -0.2) is 9.18 Å². The van der Waals surface area contributed by atoms with Crippen LogP contribution in [-0.4, -0.2) is 74.3 Å². The van der Waals surface area contributed by atoms with Gasteiger partial charge in [-0.3, -0.25) is 28.8 Å². The summed E-state index contributed by atoms with van der Waals surface area (Å²) in [7, 11) is 2.29. The summed E-state index contributed by atoms with van der Waals surface area (Å²) < 4.78 is 27.7. The Hall–Kier alpha value is -4.16. The molecule has 13 heteroatoms. The number of amides is 2. The Morgan fingerprint density at radius 1 is 0.761 bits per heavy atom. The van der Waals surface area contributed by atoms with E-state index in [9.17, 15) is 38.0 Å². The van der Waals surface area contributed by atoms with E-state index in [1.165, 1.54) is 7.11 Å². The molecule has 2 amide bonds. The lowest BCUT2D eigenvalue weighted by molar-refractivity contribution is -0.145. The number of alkyl halides is 1. The molecule has 5 atom stereocenters. The van der Waals surface area contributed by atoms with Crippen molar-refractivity contribution < 1.29 is 52.2 Å². The van der Waals surface area contributed by atoms with Gasteiger partial charge in [0.25, 0.3) is 0 Å². The summed E-state index contributed by atoms with van der Waals surface area (Å²) in [6, 6.07) is 6.81. The van der Waals surface area contributed by atoms with Crippen LogP contribution < -0.4 is 10.6 Å². The minimum Gasteiger partial charge on any atom is -0.469 e. The number of ketones is 3.